The van der Waals surface area contributed by atoms with E-state index in [1.54, 1.807) is 18.4 Å². The van der Waals surface area contributed by atoms with E-state index >= 15 is 0 Å². The molecule has 0 atom stereocenters. The molecular formula is C17H22N6O2S. The van der Waals surface area contributed by atoms with E-state index in [2.05, 4.69) is 25.1 Å². The molecule has 0 amide bonds. The number of fused-ring (bicyclic) bond motifs is 1. The monoisotopic (exact) mass is 374 g/mol. The highest BCUT2D eigenvalue weighted by atomic mass is 32.2. The molecule has 2 aromatic heterocycles. The standard InChI is InChI=1S/C17H22N6O2S/c1-12(2)22-26(24,25)10-15-7-5-4-6-14(15)9-18-16-8-13(3)21-17-19-11-20-23(16)17/h4-8,11-12,18,22H,9-10H2,1-3H3. The maximum Gasteiger partial charge on any atom is 0.254 e. The zero-order chi connectivity index (χ0) is 18.7. The van der Waals surface area contributed by atoms with Crippen molar-refractivity contribution in [3.05, 3.63) is 53.5 Å². The Bertz CT molecular complexity index is 1010. The molecule has 9 heteroatoms. The number of hydrogen-bond donors (Lipinski definition) is 2. The van der Waals surface area contributed by atoms with Gasteiger partial charge in [-0.2, -0.15) is 14.6 Å². The Labute approximate surface area is 152 Å². The molecule has 1 aromatic carbocycles. The van der Waals surface area contributed by atoms with Crippen LogP contribution in [0.15, 0.2) is 36.7 Å². The normalized spacial score (nSPS) is 12.0. The van der Waals surface area contributed by atoms with Crippen LogP contribution in [0.5, 0.6) is 0 Å². The maximum atomic E-state index is 12.3. The number of nitrogens with one attached hydrogen (secondary N) is 2. The van der Waals surface area contributed by atoms with Crippen LogP contribution >= 0.6 is 0 Å². The Hall–Kier alpha value is -2.52. The van der Waals surface area contributed by atoms with E-state index in [9.17, 15) is 8.42 Å². The second-order valence-electron chi connectivity index (χ2n) is 6.41. The van der Waals surface area contributed by atoms with Crippen molar-refractivity contribution in [2.45, 2.75) is 39.1 Å². The summed E-state index contributed by atoms with van der Waals surface area (Å²) in [5, 5.41) is 7.46. The highest BCUT2D eigenvalue weighted by molar-refractivity contribution is 7.88. The van der Waals surface area contributed by atoms with E-state index in [0.717, 1.165) is 22.6 Å². The molecule has 0 saturated carbocycles. The SMILES string of the molecule is Cc1cc(NCc2ccccc2CS(=O)(=O)NC(C)C)n2ncnc2n1. The smallest absolute Gasteiger partial charge is 0.254 e. The minimum absolute atomic E-state index is 0.0584. The van der Waals surface area contributed by atoms with E-state index in [0.29, 0.717) is 12.3 Å². The predicted molar refractivity (Wildman–Crippen MR) is 100 cm³/mol. The van der Waals surface area contributed by atoms with Gasteiger partial charge in [0.2, 0.25) is 10.0 Å². The molecule has 138 valence electrons. The summed E-state index contributed by atoms with van der Waals surface area (Å²) < 4.78 is 28.8. The van der Waals surface area contributed by atoms with Crippen LogP contribution in [0.3, 0.4) is 0 Å². The van der Waals surface area contributed by atoms with Crippen molar-refractivity contribution in [2.75, 3.05) is 5.32 Å². The lowest BCUT2D eigenvalue weighted by molar-refractivity contribution is 0.569. The molecule has 2 heterocycles. The average Bonchev–Trinajstić information content (AvgIpc) is 3.00. The molecule has 8 nitrogen and oxygen atoms in total. The predicted octanol–water partition coefficient (Wildman–Crippen LogP) is 1.87. The summed E-state index contributed by atoms with van der Waals surface area (Å²) in [7, 11) is -3.39. The fourth-order valence-corrected chi connectivity index (χ4v) is 4.21. The van der Waals surface area contributed by atoms with Gasteiger partial charge in [0.25, 0.3) is 5.78 Å². The Morgan fingerprint density at radius 2 is 1.92 bits per heavy atom. The summed E-state index contributed by atoms with van der Waals surface area (Å²) >= 11 is 0. The summed E-state index contributed by atoms with van der Waals surface area (Å²) in [6, 6.07) is 9.23. The van der Waals surface area contributed by atoms with E-state index in [-0.39, 0.29) is 11.8 Å². The first-order valence-electron chi connectivity index (χ1n) is 8.32. The highest BCUT2D eigenvalue weighted by Gasteiger charge is 2.15. The Balaban J connectivity index is 1.81. The second-order valence-corrected chi connectivity index (χ2v) is 8.16. The lowest BCUT2D eigenvalue weighted by Crippen LogP contribution is -2.31. The molecule has 0 aliphatic carbocycles. The Morgan fingerprint density at radius 1 is 1.19 bits per heavy atom. The summed E-state index contributed by atoms with van der Waals surface area (Å²) in [6.07, 6.45) is 1.45. The Kier molecular flexibility index (Phi) is 5.19. The van der Waals surface area contributed by atoms with E-state index in [1.807, 2.05) is 37.3 Å². The molecule has 0 bridgehead atoms. The van der Waals surface area contributed by atoms with Gasteiger partial charge >= 0.3 is 0 Å². The third-order valence-electron chi connectivity index (χ3n) is 3.72. The largest absolute Gasteiger partial charge is 0.366 e. The fourth-order valence-electron chi connectivity index (χ4n) is 2.72. The van der Waals surface area contributed by atoms with Crippen LogP contribution in [0.2, 0.25) is 0 Å². The zero-order valence-corrected chi connectivity index (χ0v) is 15.8. The maximum absolute atomic E-state index is 12.3. The van der Waals surface area contributed by atoms with Crippen molar-refractivity contribution in [1.82, 2.24) is 24.3 Å². The molecule has 2 N–H and O–H groups in total. The van der Waals surface area contributed by atoms with Crippen molar-refractivity contribution >= 4 is 21.6 Å². The first-order chi connectivity index (χ1) is 12.3. The molecule has 3 rings (SSSR count). The van der Waals surface area contributed by atoms with Gasteiger partial charge < -0.3 is 5.32 Å². The van der Waals surface area contributed by atoms with E-state index in [1.165, 1.54) is 6.33 Å². The minimum atomic E-state index is -3.39. The molecule has 26 heavy (non-hydrogen) atoms. The Morgan fingerprint density at radius 3 is 2.65 bits per heavy atom. The van der Waals surface area contributed by atoms with Crippen LogP contribution in [0.1, 0.15) is 30.7 Å². The van der Waals surface area contributed by atoms with E-state index in [4.69, 9.17) is 0 Å². The molecular weight excluding hydrogens is 352 g/mol. The summed E-state index contributed by atoms with van der Waals surface area (Å²) in [6.45, 7) is 5.96. The van der Waals surface area contributed by atoms with Gasteiger partial charge in [0.15, 0.2) is 0 Å². The number of rotatable bonds is 7. The zero-order valence-electron chi connectivity index (χ0n) is 15.0. The van der Waals surface area contributed by atoms with Crippen molar-refractivity contribution < 1.29 is 8.42 Å². The lowest BCUT2D eigenvalue weighted by atomic mass is 10.1. The van der Waals surface area contributed by atoms with E-state index < -0.39 is 10.0 Å². The number of aryl methyl sites for hydroxylation is 1. The van der Waals surface area contributed by atoms with Crippen LogP contribution in [0.4, 0.5) is 5.82 Å². The van der Waals surface area contributed by atoms with Crippen LogP contribution < -0.4 is 10.0 Å². The van der Waals surface area contributed by atoms with Crippen LogP contribution in [0.25, 0.3) is 5.78 Å². The summed E-state index contributed by atoms with van der Waals surface area (Å²) in [5.41, 5.74) is 2.49. The van der Waals surface area contributed by atoms with Gasteiger partial charge in [-0.3, -0.25) is 0 Å². The van der Waals surface area contributed by atoms with Gasteiger partial charge in [-0.15, -0.1) is 0 Å². The van der Waals surface area contributed by atoms with Crippen molar-refractivity contribution in [3.63, 3.8) is 0 Å². The number of sulfonamides is 1. The number of aromatic nitrogens is 4. The van der Waals surface area contributed by atoms with Crippen LogP contribution in [-0.2, 0) is 22.3 Å². The molecule has 0 aliphatic rings. The second kappa shape index (κ2) is 7.38. The number of hydrogen-bond acceptors (Lipinski definition) is 6. The molecule has 0 aliphatic heterocycles. The molecule has 0 fully saturated rings. The number of anilines is 1. The highest BCUT2D eigenvalue weighted by Crippen LogP contribution is 2.16. The van der Waals surface area contributed by atoms with Crippen LogP contribution in [0, 0.1) is 6.92 Å². The quantitative estimate of drug-likeness (QED) is 0.655. The molecule has 0 radical (unpaired) electrons. The minimum Gasteiger partial charge on any atom is -0.366 e. The van der Waals surface area contributed by atoms with Crippen molar-refractivity contribution in [1.29, 1.82) is 0 Å². The number of benzene rings is 1. The third kappa shape index (κ3) is 4.36. The van der Waals surface area contributed by atoms with Crippen molar-refractivity contribution in [3.8, 4) is 0 Å². The average molecular weight is 374 g/mol. The van der Waals surface area contributed by atoms with Crippen LogP contribution in [-0.4, -0.2) is 34.0 Å². The van der Waals surface area contributed by atoms with Gasteiger partial charge in [0.05, 0.1) is 5.75 Å². The fraction of sp³-hybridized carbons (Fsp3) is 0.353. The number of nitrogens with zero attached hydrogens (tertiary/aromatic N) is 4. The first-order valence-corrected chi connectivity index (χ1v) is 9.97. The van der Waals surface area contributed by atoms with Gasteiger partial charge in [-0.1, -0.05) is 24.3 Å². The van der Waals surface area contributed by atoms with Gasteiger partial charge in [0, 0.05) is 24.3 Å². The molecule has 0 spiro atoms. The van der Waals surface area contributed by atoms with Gasteiger partial charge in [-0.05, 0) is 31.9 Å². The third-order valence-corrected chi connectivity index (χ3v) is 5.24. The van der Waals surface area contributed by atoms with Gasteiger partial charge in [0.1, 0.15) is 12.1 Å². The molecule has 0 unspecified atom stereocenters. The lowest BCUT2D eigenvalue weighted by Gasteiger charge is -2.14. The molecule has 3 aromatic rings. The topological polar surface area (TPSA) is 101 Å². The van der Waals surface area contributed by atoms with Gasteiger partial charge in [-0.25, -0.2) is 18.1 Å². The molecule has 0 saturated heterocycles. The van der Waals surface area contributed by atoms with Crippen molar-refractivity contribution in [2.24, 2.45) is 0 Å². The summed E-state index contributed by atoms with van der Waals surface area (Å²) in [4.78, 5) is 8.41. The first kappa shape index (κ1) is 18.3. The summed E-state index contributed by atoms with van der Waals surface area (Å²) in [5.74, 6) is 1.21.